The van der Waals surface area contributed by atoms with Crippen molar-refractivity contribution in [1.82, 2.24) is 39.7 Å². The summed E-state index contributed by atoms with van der Waals surface area (Å²) in [7, 11) is 2.15. The first-order valence-electron chi connectivity index (χ1n) is 14.2. The molecule has 2 aromatic carbocycles. The van der Waals surface area contributed by atoms with E-state index in [1.807, 2.05) is 23.0 Å². The van der Waals surface area contributed by atoms with Crippen LogP contribution in [-0.2, 0) is 6.54 Å². The van der Waals surface area contributed by atoms with Gasteiger partial charge in [-0.25, -0.2) is 9.97 Å². The molecule has 1 saturated heterocycles. The average molecular weight is 620 g/mol. The van der Waals surface area contributed by atoms with Gasteiger partial charge in [-0.1, -0.05) is 36.2 Å². The van der Waals surface area contributed by atoms with E-state index in [2.05, 4.69) is 56.6 Å². The molecule has 6 rings (SSSR count). The number of fused-ring (bicyclic) bond motifs is 1. The van der Waals surface area contributed by atoms with Crippen molar-refractivity contribution >= 4 is 51.4 Å². The number of para-hydroxylation sites is 1. The molecule has 4 heterocycles. The van der Waals surface area contributed by atoms with Crippen molar-refractivity contribution in [2.24, 2.45) is 0 Å². The third-order valence-corrected chi connectivity index (χ3v) is 8.06. The maximum Gasteiger partial charge on any atom is 0.282 e. The Balaban J connectivity index is 1.38. The van der Waals surface area contributed by atoms with Gasteiger partial charge in [-0.15, -0.1) is 0 Å². The topological polar surface area (TPSA) is 109 Å². The molecule has 0 radical (unpaired) electrons. The van der Waals surface area contributed by atoms with Gasteiger partial charge in [0.25, 0.3) is 5.56 Å². The molecule has 0 unspecified atom stereocenters. The van der Waals surface area contributed by atoms with Crippen LogP contribution in [0.5, 0.6) is 0 Å². The van der Waals surface area contributed by atoms with Gasteiger partial charge in [-0.2, -0.15) is 14.9 Å². The average Bonchev–Trinajstić information content (AvgIpc) is 3.48. The quantitative estimate of drug-likeness (QED) is 0.232. The number of anilines is 3. The summed E-state index contributed by atoms with van der Waals surface area (Å²) in [5, 5.41) is 16.7. The highest BCUT2D eigenvalue weighted by Crippen LogP contribution is 2.30. The Kier molecular flexibility index (Phi) is 8.57. The Morgan fingerprint density at radius 1 is 0.977 bits per heavy atom. The highest BCUT2D eigenvalue weighted by molar-refractivity contribution is 6.37. The van der Waals surface area contributed by atoms with Crippen molar-refractivity contribution in [3.8, 4) is 16.9 Å². The molecule has 11 nitrogen and oxygen atoms in total. The highest BCUT2D eigenvalue weighted by atomic mass is 35.5. The van der Waals surface area contributed by atoms with Crippen LogP contribution in [0.3, 0.4) is 0 Å². The van der Waals surface area contributed by atoms with Gasteiger partial charge in [-0.05, 0) is 50.0 Å². The van der Waals surface area contributed by atoms with Crippen LogP contribution in [0, 0.1) is 0 Å². The molecule has 2 N–H and O–H groups in total. The molecular weight excluding hydrogens is 587 g/mol. The first-order chi connectivity index (χ1) is 20.9. The van der Waals surface area contributed by atoms with Crippen molar-refractivity contribution in [3.63, 3.8) is 0 Å². The Bertz CT molecular complexity index is 1780. The van der Waals surface area contributed by atoms with Crippen LogP contribution in [0.1, 0.15) is 6.92 Å². The molecular formula is C30H32Cl2N10O. The Hall–Kier alpha value is -4.03. The molecule has 43 heavy (non-hydrogen) atoms. The molecule has 0 amide bonds. The van der Waals surface area contributed by atoms with Gasteiger partial charge in [0.1, 0.15) is 16.9 Å². The second-order valence-corrected chi connectivity index (χ2v) is 11.2. The monoisotopic (exact) mass is 618 g/mol. The Labute approximate surface area is 259 Å². The predicted molar refractivity (Wildman–Crippen MR) is 172 cm³/mol. The second kappa shape index (κ2) is 12.7. The molecule has 0 atom stereocenters. The third-order valence-electron chi connectivity index (χ3n) is 7.45. The van der Waals surface area contributed by atoms with Crippen LogP contribution in [0.15, 0.2) is 65.8 Å². The van der Waals surface area contributed by atoms with Crippen LogP contribution in [0.25, 0.3) is 27.8 Å². The van der Waals surface area contributed by atoms with Crippen molar-refractivity contribution < 1.29 is 0 Å². The van der Waals surface area contributed by atoms with E-state index in [0.29, 0.717) is 45.0 Å². The van der Waals surface area contributed by atoms with Gasteiger partial charge >= 0.3 is 0 Å². The summed E-state index contributed by atoms with van der Waals surface area (Å²) < 4.78 is 3.04. The minimum atomic E-state index is -0.434. The van der Waals surface area contributed by atoms with Crippen molar-refractivity contribution in [2.45, 2.75) is 13.5 Å². The van der Waals surface area contributed by atoms with Crippen molar-refractivity contribution in [1.29, 1.82) is 0 Å². The van der Waals surface area contributed by atoms with Crippen molar-refractivity contribution in [3.05, 3.63) is 81.5 Å². The van der Waals surface area contributed by atoms with Gasteiger partial charge in [0.15, 0.2) is 0 Å². The second-order valence-electron chi connectivity index (χ2n) is 10.4. The number of piperazine rings is 1. The molecule has 1 fully saturated rings. The Morgan fingerprint density at radius 2 is 1.72 bits per heavy atom. The standard InChI is InChI=1S/C30H32Cl2N10O/c1-3-33-11-12-41-19-20(17-35-41)26-27-23(29(43)42(38-26)28-24(31)5-4-6-25(28)32)18-34-30(37-27)36-21-7-9-22(10-8-21)40-15-13-39(2)14-16-40/h4-10,17-19,33H,3,11-16H2,1-2H3,(H,34,36,37). The SMILES string of the molecule is CCNCCn1cc(-c2nn(-c3c(Cl)cccc3Cl)c(=O)c3cnc(Nc4ccc(N5CCN(C)CC5)cc4)nc23)cn1. The number of nitrogens with zero attached hydrogens (tertiary/aromatic N) is 8. The minimum Gasteiger partial charge on any atom is -0.369 e. The maximum atomic E-state index is 13.7. The molecule has 1 aliphatic heterocycles. The van der Waals surface area contributed by atoms with Gasteiger partial charge in [-0.3, -0.25) is 9.48 Å². The lowest BCUT2D eigenvalue weighted by Crippen LogP contribution is -2.44. The highest BCUT2D eigenvalue weighted by Gasteiger charge is 2.20. The number of nitrogens with one attached hydrogen (secondary N) is 2. The van der Waals surface area contributed by atoms with Crippen LogP contribution in [-0.4, -0.2) is 80.7 Å². The number of aromatic nitrogens is 6. The van der Waals surface area contributed by atoms with Gasteiger partial charge in [0.2, 0.25) is 5.95 Å². The number of rotatable bonds is 9. The molecule has 1 aliphatic rings. The molecule has 3 aromatic heterocycles. The predicted octanol–water partition coefficient (Wildman–Crippen LogP) is 4.45. The van der Waals surface area contributed by atoms with E-state index in [4.69, 9.17) is 33.3 Å². The summed E-state index contributed by atoms with van der Waals surface area (Å²) in [4.78, 5) is 27.7. The number of hydrogen-bond acceptors (Lipinski definition) is 9. The van der Waals surface area contributed by atoms with Crippen LogP contribution in [0.4, 0.5) is 17.3 Å². The summed E-state index contributed by atoms with van der Waals surface area (Å²) in [5.74, 6) is 0.343. The molecule has 5 aromatic rings. The van der Waals surface area contributed by atoms with E-state index in [-0.39, 0.29) is 5.39 Å². The summed E-state index contributed by atoms with van der Waals surface area (Å²) in [6, 6.07) is 13.2. The first-order valence-corrected chi connectivity index (χ1v) is 15.0. The number of likely N-dealkylation sites (N-methyl/N-ethyl adjacent to an activating group) is 2. The molecule has 13 heteroatoms. The zero-order valence-corrected chi connectivity index (χ0v) is 25.5. The third kappa shape index (κ3) is 6.21. The van der Waals surface area contributed by atoms with E-state index in [1.165, 1.54) is 16.6 Å². The minimum absolute atomic E-state index is 0.275. The van der Waals surface area contributed by atoms with Gasteiger partial charge < -0.3 is 20.4 Å². The summed E-state index contributed by atoms with van der Waals surface area (Å²) >= 11 is 13.0. The summed E-state index contributed by atoms with van der Waals surface area (Å²) in [6.07, 6.45) is 5.10. The van der Waals surface area contributed by atoms with Crippen LogP contribution in [0.2, 0.25) is 10.0 Å². The molecule has 0 bridgehead atoms. The fraction of sp³-hybridized carbons (Fsp3) is 0.300. The lowest BCUT2D eigenvalue weighted by Gasteiger charge is -2.34. The zero-order valence-electron chi connectivity index (χ0n) is 24.0. The van der Waals surface area contributed by atoms with E-state index in [1.54, 1.807) is 24.4 Å². The van der Waals surface area contributed by atoms with Crippen LogP contribution < -0.4 is 21.1 Å². The normalized spacial score (nSPS) is 14.0. The van der Waals surface area contributed by atoms with E-state index in [9.17, 15) is 4.79 Å². The lowest BCUT2D eigenvalue weighted by molar-refractivity contribution is 0.313. The van der Waals surface area contributed by atoms with Crippen molar-refractivity contribution in [2.75, 3.05) is 56.5 Å². The lowest BCUT2D eigenvalue weighted by atomic mass is 10.2. The first kappa shape index (κ1) is 29.1. The fourth-order valence-electron chi connectivity index (χ4n) is 5.05. The van der Waals surface area contributed by atoms with Gasteiger partial charge in [0, 0.05) is 62.1 Å². The summed E-state index contributed by atoms with van der Waals surface area (Å²) in [6.45, 7) is 8.44. The smallest absolute Gasteiger partial charge is 0.282 e. The molecule has 0 spiro atoms. The summed E-state index contributed by atoms with van der Waals surface area (Å²) in [5.41, 5.74) is 3.41. The number of benzene rings is 2. The molecule has 0 saturated carbocycles. The largest absolute Gasteiger partial charge is 0.369 e. The van der Waals surface area contributed by atoms with E-state index in [0.717, 1.165) is 45.0 Å². The van der Waals surface area contributed by atoms with E-state index >= 15 is 0 Å². The Morgan fingerprint density at radius 3 is 2.44 bits per heavy atom. The number of halogens is 2. The fourth-order valence-corrected chi connectivity index (χ4v) is 5.61. The maximum absolute atomic E-state index is 13.7. The zero-order chi connectivity index (χ0) is 29.9. The van der Waals surface area contributed by atoms with Crippen LogP contribution >= 0.6 is 23.2 Å². The van der Waals surface area contributed by atoms with Gasteiger partial charge in [0.05, 0.1) is 28.2 Å². The molecule has 222 valence electrons. The number of hydrogen-bond donors (Lipinski definition) is 2. The molecule has 0 aliphatic carbocycles. The van der Waals surface area contributed by atoms with E-state index < -0.39 is 5.56 Å².